The molecule has 0 bridgehead atoms. The molecular weight excluding hydrogens is 342 g/mol. The second-order valence-corrected chi connectivity index (χ2v) is 5.74. The lowest BCUT2D eigenvalue weighted by molar-refractivity contribution is 0.102. The number of aromatic nitrogens is 1. The molecule has 138 valence electrons. The van der Waals surface area contributed by atoms with Crippen molar-refractivity contribution < 1.29 is 14.3 Å². The molecule has 0 unspecified atom stereocenters. The molecule has 6 nitrogen and oxygen atoms in total. The van der Waals surface area contributed by atoms with Gasteiger partial charge in [-0.2, -0.15) is 0 Å². The molecule has 2 N–H and O–H groups in total. The first-order chi connectivity index (χ1) is 13.2. The number of hydrogen-bond donors (Lipinski definition) is 2. The first-order valence-corrected chi connectivity index (χ1v) is 8.58. The average Bonchev–Trinajstić information content (AvgIpc) is 2.71. The normalized spacial score (nSPS) is 10.3. The summed E-state index contributed by atoms with van der Waals surface area (Å²) in [7, 11) is 1.64. The summed E-state index contributed by atoms with van der Waals surface area (Å²) in [6.45, 7) is 1.24. The van der Waals surface area contributed by atoms with E-state index in [-0.39, 0.29) is 5.91 Å². The number of anilines is 2. The Morgan fingerprint density at radius 2 is 1.70 bits per heavy atom. The lowest BCUT2D eigenvalue weighted by Crippen LogP contribution is -2.14. The van der Waals surface area contributed by atoms with Crippen molar-refractivity contribution in [3.05, 3.63) is 78.6 Å². The maximum Gasteiger partial charge on any atom is 0.274 e. The number of pyridine rings is 1. The van der Waals surface area contributed by atoms with Crippen LogP contribution in [0.1, 0.15) is 10.5 Å². The molecule has 0 spiro atoms. The van der Waals surface area contributed by atoms with Crippen molar-refractivity contribution >= 4 is 17.3 Å². The van der Waals surface area contributed by atoms with Crippen LogP contribution in [0.25, 0.3) is 0 Å². The number of benzene rings is 2. The maximum atomic E-state index is 12.4. The standard InChI is InChI=1S/C21H21N3O3/c1-26-14-13-22-17-11-12-23-20(15-17)21(25)24-16-7-9-19(10-8-16)27-18-5-3-2-4-6-18/h2-12,15H,13-14H2,1H3,(H,22,23)(H,24,25). The summed E-state index contributed by atoms with van der Waals surface area (Å²) in [4.78, 5) is 16.5. The second kappa shape index (κ2) is 9.35. The van der Waals surface area contributed by atoms with Crippen LogP contribution in [0.15, 0.2) is 72.9 Å². The van der Waals surface area contributed by atoms with Gasteiger partial charge in [-0.15, -0.1) is 0 Å². The quantitative estimate of drug-likeness (QED) is 0.587. The molecule has 1 aromatic heterocycles. The van der Waals surface area contributed by atoms with Gasteiger partial charge in [0.15, 0.2) is 0 Å². The lowest BCUT2D eigenvalue weighted by Gasteiger charge is -2.09. The lowest BCUT2D eigenvalue weighted by atomic mass is 10.2. The number of ether oxygens (including phenoxy) is 2. The zero-order valence-corrected chi connectivity index (χ0v) is 15.0. The molecule has 2 aromatic carbocycles. The van der Waals surface area contributed by atoms with Crippen molar-refractivity contribution in [2.45, 2.75) is 0 Å². The number of nitrogens with zero attached hydrogens (tertiary/aromatic N) is 1. The van der Waals surface area contributed by atoms with Crippen LogP contribution in [-0.2, 0) is 4.74 Å². The highest BCUT2D eigenvalue weighted by molar-refractivity contribution is 6.03. The highest BCUT2D eigenvalue weighted by atomic mass is 16.5. The molecule has 3 aromatic rings. The fraction of sp³-hybridized carbons (Fsp3) is 0.143. The molecule has 0 radical (unpaired) electrons. The third-order valence-corrected chi connectivity index (χ3v) is 3.72. The van der Waals surface area contributed by atoms with E-state index in [9.17, 15) is 4.79 Å². The fourth-order valence-electron chi connectivity index (χ4n) is 2.39. The molecule has 0 fully saturated rings. The smallest absolute Gasteiger partial charge is 0.274 e. The summed E-state index contributed by atoms with van der Waals surface area (Å²) >= 11 is 0. The molecule has 0 atom stereocenters. The van der Waals surface area contributed by atoms with Crippen molar-refractivity contribution in [1.82, 2.24) is 4.98 Å². The van der Waals surface area contributed by atoms with Crippen LogP contribution in [0, 0.1) is 0 Å². The molecule has 0 saturated heterocycles. The fourth-order valence-corrected chi connectivity index (χ4v) is 2.39. The van der Waals surface area contributed by atoms with Gasteiger partial charge in [0.25, 0.3) is 5.91 Å². The molecule has 0 aliphatic carbocycles. The van der Waals surface area contributed by atoms with E-state index >= 15 is 0 Å². The van der Waals surface area contributed by atoms with Crippen LogP contribution in [0.3, 0.4) is 0 Å². The molecular formula is C21H21N3O3. The monoisotopic (exact) mass is 363 g/mol. The van der Waals surface area contributed by atoms with Crippen LogP contribution in [-0.4, -0.2) is 31.2 Å². The zero-order valence-electron chi connectivity index (χ0n) is 15.0. The van der Waals surface area contributed by atoms with Crippen LogP contribution >= 0.6 is 0 Å². The van der Waals surface area contributed by atoms with Crippen LogP contribution in [0.2, 0.25) is 0 Å². The first-order valence-electron chi connectivity index (χ1n) is 8.58. The molecule has 3 rings (SSSR count). The van der Waals surface area contributed by atoms with Crippen LogP contribution in [0.5, 0.6) is 11.5 Å². The predicted molar refractivity (Wildman–Crippen MR) is 106 cm³/mol. The molecule has 0 saturated carbocycles. The number of amides is 1. The highest BCUT2D eigenvalue weighted by Gasteiger charge is 2.09. The Morgan fingerprint density at radius 1 is 0.963 bits per heavy atom. The van der Waals surface area contributed by atoms with Gasteiger partial charge < -0.3 is 20.1 Å². The summed E-state index contributed by atoms with van der Waals surface area (Å²) in [6, 6.07) is 20.2. The third kappa shape index (κ3) is 5.55. The Hall–Kier alpha value is -3.38. The third-order valence-electron chi connectivity index (χ3n) is 3.72. The van der Waals surface area contributed by atoms with Crippen molar-refractivity contribution in [3.8, 4) is 11.5 Å². The highest BCUT2D eigenvalue weighted by Crippen LogP contribution is 2.22. The molecule has 6 heteroatoms. The van der Waals surface area contributed by atoms with Gasteiger partial charge in [-0.3, -0.25) is 9.78 Å². The van der Waals surface area contributed by atoms with E-state index < -0.39 is 0 Å². The SMILES string of the molecule is COCCNc1ccnc(C(=O)Nc2ccc(Oc3ccccc3)cc2)c1. The van der Waals surface area contributed by atoms with Gasteiger partial charge in [-0.1, -0.05) is 18.2 Å². The van der Waals surface area contributed by atoms with Crippen molar-refractivity contribution in [3.63, 3.8) is 0 Å². The molecule has 1 amide bonds. The van der Waals surface area contributed by atoms with E-state index in [1.807, 2.05) is 36.4 Å². The number of rotatable bonds is 8. The van der Waals surface area contributed by atoms with Crippen LogP contribution in [0.4, 0.5) is 11.4 Å². The van der Waals surface area contributed by atoms with E-state index in [1.54, 1.807) is 43.6 Å². The van der Waals surface area contributed by atoms with Gasteiger partial charge in [0.2, 0.25) is 0 Å². The van der Waals surface area contributed by atoms with Gasteiger partial charge in [0, 0.05) is 31.2 Å². The van der Waals surface area contributed by atoms with Gasteiger partial charge in [0.1, 0.15) is 17.2 Å². The van der Waals surface area contributed by atoms with Gasteiger partial charge >= 0.3 is 0 Å². The van der Waals surface area contributed by atoms with Crippen molar-refractivity contribution in [2.75, 3.05) is 30.9 Å². The maximum absolute atomic E-state index is 12.4. The zero-order chi connectivity index (χ0) is 18.9. The number of carbonyl (C=O) groups excluding carboxylic acids is 1. The van der Waals surface area contributed by atoms with E-state index in [4.69, 9.17) is 9.47 Å². The molecule has 0 aliphatic heterocycles. The topological polar surface area (TPSA) is 72.5 Å². The minimum Gasteiger partial charge on any atom is -0.457 e. The summed E-state index contributed by atoms with van der Waals surface area (Å²) < 4.78 is 10.7. The van der Waals surface area contributed by atoms with E-state index in [0.717, 1.165) is 11.4 Å². The summed E-state index contributed by atoms with van der Waals surface area (Å²) in [5.74, 6) is 1.18. The van der Waals surface area contributed by atoms with Gasteiger partial charge in [-0.25, -0.2) is 0 Å². The van der Waals surface area contributed by atoms with Gasteiger partial charge in [0.05, 0.1) is 6.61 Å². The Bertz CT molecular complexity index is 867. The summed E-state index contributed by atoms with van der Waals surface area (Å²) in [5, 5.41) is 6.01. The second-order valence-electron chi connectivity index (χ2n) is 5.74. The largest absolute Gasteiger partial charge is 0.457 e. The molecule has 27 heavy (non-hydrogen) atoms. The summed E-state index contributed by atoms with van der Waals surface area (Å²) in [5.41, 5.74) is 1.82. The number of methoxy groups -OCH3 is 1. The number of carbonyl (C=O) groups is 1. The Morgan fingerprint density at radius 3 is 2.44 bits per heavy atom. The van der Waals surface area contributed by atoms with E-state index in [0.29, 0.717) is 30.3 Å². The van der Waals surface area contributed by atoms with E-state index in [2.05, 4.69) is 15.6 Å². The van der Waals surface area contributed by atoms with Crippen molar-refractivity contribution in [2.24, 2.45) is 0 Å². The molecule has 0 aliphatic rings. The van der Waals surface area contributed by atoms with Gasteiger partial charge in [-0.05, 0) is 48.5 Å². The Balaban J connectivity index is 1.60. The Labute approximate surface area is 158 Å². The average molecular weight is 363 g/mol. The van der Waals surface area contributed by atoms with E-state index in [1.165, 1.54) is 0 Å². The molecule has 1 heterocycles. The number of hydrogen-bond acceptors (Lipinski definition) is 5. The number of nitrogens with one attached hydrogen (secondary N) is 2. The minimum atomic E-state index is -0.276. The summed E-state index contributed by atoms with van der Waals surface area (Å²) in [6.07, 6.45) is 1.60. The number of para-hydroxylation sites is 1. The van der Waals surface area contributed by atoms with Crippen molar-refractivity contribution in [1.29, 1.82) is 0 Å². The predicted octanol–water partition coefficient (Wildman–Crippen LogP) is 4.18. The van der Waals surface area contributed by atoms with Crippen LogP contribution < -0.4 is 15.4 Å². The first kappa shape index (κ1) is 18.4. The Kier molecular flexibility index (Phi) is 6.38. The minimum absolute atomic E-state index is 0.276.